The van der Waals surface area contributed by atoms with Gasteiger partial charge in [0, 0.05) is 10.9 Å². The quantitative estimate of drug-likeness (QED) is 0.245. The first-order chi connectivity index (χ1) is 15.9. The van der Waals surface area contributed by atoms with Crippen LogP contribution in [-0.4, -0.2) is 6.61 Å². The van der Waals surface area contributed by atoms with E-state index in [4.69, 9.17) is 0 Å². The number of alkyl halides is 2. The first kappa shape index (κ1) is 22.8. The fourth-order valence-electron chi connectivity index (χ4n) is 4.05. The average molecular weight is 452 g/mol. The van der Waals surface area contributed by atoms with Gasteiger partial charge in [-0.25, -0.2) is 8.78 Å². The number of ether oxygens (including phenoxy) is 1. The summed E-state index contributed by atoms with van der Waals surface area (Å²) in [6.45, 7) is -0.806. The Labute approximate surface area is 190 Å². The highest BCUT2D eigenvalue weighted by atomic mass is 19.3. The Balaban J connectivity index is 1.52. The second-order valence-electron chi connectivity index (χ2n) is 8.06. The lowest BCUT2D eigenvalue weighted by atomic mass is 9.96. The topological polar surface area (TPSA) is 9.23 Å². The summed E-state index contributed by atoms with van der Waals surface area (Å²) in [5, 5.41) is 1.19. The summed E-state index contributed by atoms with van der Waals surface area (Å²) in [5.74, 6) is -0.476. The van der Waals surface area contributed by atoms with Crippen molar-refractivity contribution in [1.82, 2.24) is 0 Å². The smallest absolute Gasteiger partial charge is 0.387 e. The van der Waals surface area contributed by atoms with Crippen LogP contribution in [0.2, 0.25) is 0 Å². The molecule has 33 heavy (non-hydrogen) atoms. The summed E-state index contributed by atoms with van der Waals surface area (Å²) in [5.41, 5.74) is 3.64. The van der Waals surface area contributed by atoms with Crippen molar-refractivity contribution in [3.63, 3.8) is 0 Å². The van der Waals surface area contributed by atoms with Gasteiger partial charge in [-0.1, -0.05) is 61.9 Å². The van der Waals surface area contributed by atoms with Crippen molar-refractivity contribution < 1.29 is 22.3 Å². The number of fused-ring (bicyclic) bond motifs is 1. The van der Waals surface area contributed by atoms with Gasteiger partial charge in [0.1, 0.15) is 17.4 Å². The van der Waals surface area contributed by atoms with Gasteiger partial charge in [-0.15, -0.1) is 0 Å². The van der Waals surface area contributed by atoms with Crippen molar-refractivity contribution in [2.45, 2.75) is 39.2 Å². The number of halogens is 4. The molecule has 0 saturated heterocycles. The van der Waals surface area contributed by atoms with Crippen LogP contribution in [0, 0.1) is 11.6 Å². The molecular weight excluding hydrogens is 428 g/mol. The minimum Gasteiger partial charge on any atom is -0.435 e. The summed E-state index contributed by atoms with van der Waals surface area (Å²) in [4.78, 5) is 0. The highest BCUT2D eigenvalue weighted by molar-refractivity contribution is 5.88. The van der Waals surface area contributed by atoms with Gasteiger partial charge in [0.2, 0.25) is 0 Å². The molecule has 1 nitrogen and oxygen atoms in total. The fraction of sp³-hybridized carbons (Fsp3) is 0.214. The van der Waals surface area contributed by atoms with Gasteiger partial charge in [-0.2, -0.15) is 8.78 Å². The van der Waals surface area contributed by atoms with E-state index in [1.54, 1.807) is 42.5 Å². The van der Waals surface area contributed by atoms with E-state index in [1.807, 2.05) is 18.2 Å². The van der Waals surface area contributed by atoms with E-state index < -0.39 is 6.61 Å². The SMILES string of the molecule is CCCc1ccc(-c2ccc3c(F)c(CCc4ccc(OC(F)F)cc4)ccc3c2)c(F)c1. The Hall–Kier alpha value is -3.34. The van der Waals surface area contributed by atoms with E-state index in [0.29, 0.717) is 40.3 Å². The average Bonchev–Trinajstić information content (AvgIpc) is 2.79. The van der Waals surface area contributed by atoms with Crippen LogP contribution in [0.4, 0.5) is 17.6 Å². The highest BCUT2D eigenvalue weighted by Crippen LogP contribution is 2.30. The van der Waals surface area contributed by atoms with E-state index in [2.05, 4.69) is 11.7 Å². The van der Waals surface area contributed by atoms with Crippen LogP contribution in [0.15, 0.2) is 72.8 Å². The maximum absolute atomic E-state index is 15.2. The fourth-order valence-corrected chi connectivity index (χ4v) is 4.05. The van der Waals surface area contributed by atoms with Crippen LogP contribution in [0.5, 0.6) is 5.75 Å². The van der Waals surface area contributed by atoms with E-state index >= 15 is 4.39 Å². The molecule has 0 aromatic heterocycles. The molecule has 4 rings (SSSR count). The van der Waals surface area contributed by atoms with Gasteiger partial charge < -0.3 is 4.74 Å². The molecule has 4 aromatic carbocycles. The molecule has 0 fully saturated rings. The van der Waals surface area contributed by atoms with Gasteiger partial charge in [-0.3, -0.25) is 0 Å². The Bertz CT molecular complexity index is 1250. The first-order valence-electron chi connectivity index (χ1n) is 11.0. The summed E-state index contributed by atoms with van der Waals surface area (Å²) < 4.78 is 58.7. The van der Waals surface area contributed by atoms with Crippen molar-refractivity contribution in [2.24, 2.45) is 0 Å². The Morgan fingerprint density at radius 1 is 0.758 bits per heavy atom. The first-order valence-corrected chi connectivity index (χ1v) is 11.0. The third kappa shape index (κ3) is 5.36. The van der Waals surface area contributed by atoms with Crippen molar-refractivity contribution >= 4 is 10.8 Å². The number of benzene rings is 4. The second-order valence-corrected chi connectivity index (χ2v) is 8.06. The number of aryl methyl sites for hydroxylation is 3. The van der Waals surface area contributed by atoms with Crippen molar-refractivity contribution in [3.8, 4) is 16.9 Å². The number of hydrogen-bond donors (Lipinski definition) is 0. The summed E-state index contributed by atoms with van der Waals surface area (Å²) >= 11 is 0. The predicted molar refractivity (Wildman–Crippen MR) is 124 cm³/mol. The molecular formula is C28H24F4O. The van der Waals surface area contributed by atoms with E-state index in [1.165, 1.54) is 12.1 Å². The molecule has 0 spiro atoms. The minimum absolute atomic E-state index is 0.0953. The van der Waals surface area contributed by atoms with Gasteiger partial charge in [0.25, 0.3) is 0 Å². The maximum Gasteiger partial charge on any atom is 0.387 e. The third-order valence-corrected chi connectivity index (χ3v) is 5.75. The van der Waals surface area contributed by atoms with E-state index in [0.717, 1.165) is 24.0 Å². The normalized spacial score (nSPS) is 11.3. The molecule has 0 N–H and O–H groups in total. The molecule has 170 valence electrons. The number of hydrogen-bond acceptors (Lipinski definition) is 1. The molecule has 0 atom stereocenters. The molecule has 0 aliphatic heterocycles. The van der Waals surface area contributed by atoms with Crippen LogP contribution in [-0.2, 0) is 19.3 Å². The second kappa shape index (κ2) is 10.1. The zero-order chi connectivity index (χ0) is 23.4. The lowest BCUT2D eigenvalue weighted by molar-refractivity contribution is -0.0498. The Kier molecular flexibility index (Phi) is 6.97. The lowest BCUT2D eigenvalue weighted by Gasteiger charge is -2.11. The molecule has 4 aromatic rings. The predicted octanol–water partition coefficient (Wildman–Crippen LogP) is 8.12. The summed E-state index contributed by atoms with van der Waals surface area (Å²) in [6, 6.07) is 20.5. The van der Waals surface area contributed by atoms with Crippen molar-refractivity contribution in [2.75, 3.05) is 0 Å². The van der Waals surface area contributed by atoms with Gasteiger partial charge >= 0.3 is 6.61 Å². The standard InChI is InChI=1S/C28H24F4O/c1-2-3-19-7-14-24(26(29)16-19)21-11-15-25-22(17-21)10-9-20(27(25)30)8-4-18-5-12-23(13-6-18)33-28(31)32/h5-7,9-17,28H,2-4,8H2,1H3. The molecule has 0 amide bonds. The monoisotopic (exact) mass is 452 g/mol. The van der Waals surface area contributed by atoms with Crippen LogP contribution < -0.4 is 4.74 Å². The molecule has 0 unspecified atom stereocenters. The molecule has 0 bridgehead atoms. The highest BCUT2D eigenvalue weighted by Gasteiger charge is 2.12. The molecule has 0 heterocycles. The van der Waals surface area contributed by atoms with Crippen LogP contribution in [0.1, 0.15) is 30.0 Å². The minimum atomic E-state index is -2.86. The lowest BCUT2D eigenvalue weighted by Crippen LogP contribution is -2.02. The molecule has 0 aliphatic rings. The van der Waals surface area contributed by atoms with Crippen molar-refractivity contribution in [1.29, 1.82) is 0 Å². The molecule has 0 aliphatic carbocycles. The zero-order valence-corrected chi connectivity index (χ0v) is 18.3. The Morgan fingerprint density at radius 2 is 1.52 bits per heavy atom. The third-order valence-electron chi connectivity index (χ3n) is 5.75. The summed E-state index contributed by atoms with van der Waals surface area (Å²) in [6.07, 6.45) is 2.81. The van der Waals surface area contributed by atoms with Crippen LogP contribution in [0.3, 0.4) is 0 Å². The molecule has 0 radical (unpaired) electrons. The number of rotatable bonds is 8. The van der Waals surface area contributed by atoms with Gasteiger partial charge in [0.05, 0.1) is 0 Å². The maximum atomic E-state index is 15.2. The van der Waals surface area contributed by atoms with E-state index in [9.17, 15) is 13.2 Å². The molecule has 0 saturated carbocycles. The molecule has 5 heteroatoms. The zero-order valence-electron chi connectivity index (χ0n) is 18.3. The van der Waals surface area contributed by atoms with Crippen LogP contribution in [0.25, 0.3) is 21.9 Å². The van der Waals surface area contributed by atoms with Crippen molar-refractivity contribution in [3.05, 3.63) is 101 Å². The Morgan fingerprint density at radius 3 is 2.21 bits per heavy atom. The van der Waals surface area contributed by atoms with Gasteiger partial charge in [-0.05, 0) is 71.2 Å². The van der Waals surface area contributed by atoms with Gasteiger partial charge in [0.15, 0.2) is 0 Å². The van der Waals surface area contributed by atoms with E-state index in [-0.39, 0.29) is 17.4 Å². The largest absolute Gasteiger partial charge is 0.435 e. The summed E-state index contributed by atoms with van der Waals surface area (Å²) in [7, 11) is 0. The van der Waals surface area contributed by atoms with Crippen LogP contribution >= 0.6 is 0 Å².